The largest absolute Gasteiger partial charge is 0.493 e. The van der Waals surface area contributed by atoms with Gasteiger partial charge < -0.3 is 19.7 Å². The third-order valence-corrected chi connectivity index (χ3v) is 6.86. The summed E-state index contributed by atoms with van der Waals surface area (Å²) < 4.78 is 11.8. The molecule has 1 fully saturated rings. The Morgan fingerprint density at radius 2 is 1.93 bits per heavy atom. The Bertz CT molecular complexity index is 966. The number of hydrogen-bond acceptors (Lipinski definition) is 4. The summed E-state index contributed by atoms with van der Waals surface area (Å²) in [5, 5.41) is 3.42. The molecule has 144 valence electrons. The maximum atomic E-state index is 13.9. The number of amides is 1. The van der Waals surface area contributed by atoms with Gasteiger partial charge in [-0.3, -0.25) is 4.79 Å². The average molecular weight is 376 g/mol. The Balaban J connectivity index is 1.46. The van der Waals surface area contributed by atoms with Crippen LogP contribution < -0.4 is 19.7 Å². The van der Waals surface area contributed by atoms with Crippen LogP contribution in [-0.2, 0) is 16.6 Å². The second-order valence-corrected chi connectivity index (χ2v) is 8.37. The van der Waals surface area contributed by atoms with Crippen molar-refractivity contribution in [2.24, 2.45) is 5.92 Å². The van der Waals surface area contributed by atoms with Crippen molar-refractivity contribution in [1.82, 2.24) is 5.32 Å². The molecular formula is C23H24N2O3. The number of anilines is 1. The van der Waals surface area contributed by atoms with Crippen molar-refractivity contribution < 1.29 is 14.3 Å². The fraction of sp³-hybridized carbons (Fsp3) is 0.435. The number of rotatable bonds is 2. The van der Waals surface area contributed by atoms with Gasteiger partial charge in [-0.25, -0.2) is 0 Å². The molecule has 4 aliphatic heterocycles. The van der Waals surface area contributed by atoms with E-state index >= 15 is 0 Å². The number of ether oxygens (including phenoxy) is 2. The van der Waals surface area contributed by atoms with Crippen LogP contribution in [0.3, 0.4) is 0 Å². The number of nitrogens with zero attached hydrogens (tertiary/aromatic N) is 1. The highest BCUT2D eigenvalue weighted by Crippen LogP contribution is 2.54. The first-order chi connectivity index (χ1) is 13.8. The topological polar surface area (TPSA) is 50.8 Å². The van der Waals surface area contributed by atoms with E-state index in [0.717, 1.165) is 67.2 Å². The van der Waals surface area contributed by atoms with Gasteiger partial charge in [0.2, 0.25) is 5.91 Å². The van der Waals surface area contributed by atoms with Crippen molar-refractivity contribution >= 4 is 11.6 Å². The van der Waals surface area contributed by atoms with Gasteiger partial charge in [0.25, 0.3) is 0 Å². The van der Waals surface area contributed by atoms with E-state index in [0.29, 0.717) is 19.1 Å². The first-order valence-corrected chi connectivity index (χ1v) is 10.3. The summed E-state index contributed by atoms with van der Waals surface area (Å²) in [5.41, 5.74) is 3.63. The third-order valence-electron chi connectivity index (χ3n) is 6.86. The molecule has 4 heterocycles. The molecule has 0 bridgehead atoms. The van der Waals surface area contributed by atoms with Gasteiger partial charge in [0, 0.05) is 30.3 Å². The summed E-state index contributed by atoms with van der Waals surface area (Å²) in [6.07, 6.45) is 3.14. The van der Waals surface area contributed by atoms with Gasteiger partial charge in [0.1, 0.15) is 23.5 Å². The molecule has 2 aromatic carbocycles. The van der Waals surface area contributed by atoms with Gasteiger partial charge >= 0.3 is 0 Å². The molecule has 5 heteroatoms. The summed E-state index contributed by atoms with van der Waals surface area (Å²) in [7, 11) is 0. The fourth-order valence-corrected chi connectivity index (χ4v) is 5.35. The van der Waals surface area contributed by atoms with E-state index in [2.05, 4.69) is 23.5 Å². The zero-order valence-electron chi connectivity index (χ0n) is 15.9. The lowest BCUT2D eigenvalue weighted by atomic mass is 9.76. The summed E-state index contributed by atoms with van der Waals surface area (Å²) in [6, 6.07) is 12.4. The molecule has 0 saturated carbocycles. The van der Waals surface area contributed by atoms with Gasteiger partial charge in [-0.1, -0.05) is 18.2 Å². The Morgan fingerprint density at radius 1 is 1.07 bits per heavy atom. The minimum atomic E-state index is -0.712. The predicted molar refractivity (Wildman–Crippen MR) is 106 cm³/mol. The Labute approximate surface area is 164 Å². The molecule has 0 aromatic heterocycles. The van der Waals surface area contributed by atoms with Crippen LogP contribution in [0.15, 0.2) is 36.4 Å². The lowest BCUT2D eigenvalue weighted by Gasteiger charge is -2.29. The van der Waals surface area contributed by atoms with Crippen molar-refractivity contribution in [3.63, 3.8) is 0 Å². The van der Waals surface area contributed by atoms with Gasteiger partial charge in [-0.2, -0.15) is 0 Å². The van der Waals surface area contributed by atoms with E-state index < -0.39 is 5.41 Å². The van der Waals surface area contributed by atoms with Crippen molar-refractivity contribution in [3.8, 4) is 11.5 Å². The Kier molecular flexibility index (Phi) is 3.51. The van der Waals surface area contributed by atoms with Crippen molar-refractivity contribution in [1.29, 1.82) is 0 Å². The Hall–Kier alpha value is -2.53. The second-order valence-electron chi connectivity index (χ2n) is 8.37. The van der Waals surface area contributed by atoms with Crippen LogP contribution in [0.4, 0.5) is 5.69 Å². The highest BCUT2D eigenvalue weighted by Gasteiger charge is 2.57. The van der Waals surface area contributed by atoms with Crippen LogP contribution >= 0.6 is 0 Å². The second kappa shape index (κ2) is 5.98. The maximum Gasteiger partial charge on any atom is 0.245 e. The van der Waals surface area contributed by atoms with Crippen LogP contribution in [0.25, 0.3) is 0 Å². The number of nitrogens with one attached hydrogen (secondary N) is 1. The molecule has 1 spiro atoms. The van der Waals surface area contributed by atoms with Crippen molar-refractivity contribution in [3.05, 3.63) is 53.1 Å². The number of piperidine rings is 1. The molecule has 1 atom stereocenters. The van der Waals surface area contributed by atoms with Crippen LogP contribution in [0.5, 0.6) is 11.5 Å². The highest BCUT2D eigenvalue weighted by molar-refractivity contribution is 6.11. The molecule has 28 heavy (non-hydrogen) atoms. The van der Waals surface area contributed by atoms with Crippen LogP contribution in [-0.4, -0.2) is 38.8 Å². The monoisotopic (exact) mass is 376 g/mol. The minimum Gasteiger partial charge on any atom is -0.493 e. The molecule has 1 N–H and O–H groups in total. The van der Waals surface area contributed by atoms with Crippen LogP contribution in [0, 0.1) is 5.92 Å². The molecule has 1 saturated heterocycles. The van der Waals surface area contributed by atoms with E-state index in [4.69, 9.17) is 9.47 Å². The first-order valence-electron chi connectivity index (χ1n) is 10.3. The quantitative estimate of drug-likeness (QED) is 0.876. The number of hydrogen-bond donors (Lipinski definition) is 1. The molecule has 5 nitrogen and oxygen atoms in total. The van der Waals surface area contributed by atoms with Crippen molar-refractivity contribution in [2.45, 2.75) is 24.7 Å². The minimum absolute atomic E-state index is 0.171. The zero-order valence-corrected chi connectivity index (χ0v) is 15.9. The molecule has 1 amide bonds. The smallest absolute Gasteiger partial charge is 0.245 e. The zero-order chi connectivity index (χ0) is 18.7. The van der Waals surface area contributed by atoms with Crippen molar-refractivity contribution in [2.75, 3.05) is 37.7 Å². The number of fused-ring (bicyclic) bond motifs is 5. The number of carbonyl (C=O) groups excluding carboxylic acids is 1. The molecule has 0 aliphatic carbocycles. The highest BCUT2D eigenvalue weighted by atomic mass is 16.5. The van der Waals surface area contributed by atoms with E-state index in [1.54, 1.807) is 0 Å². The molecular weight excluding hydrogens is 352 g/mol. The summed E-state index contributed by atoms with van der Waals surface area (Å²) in [6.45, 7) is 3.96. The summed E-state index contributed by atoms with van der Waals surface area (Å²) in [4.78, 5) is 16.0. The van der Waals surface area contributed by atoms with Crippen LogP contribution in [0.2, 0.25) is 0 Å². The van der Waals surface area contributed by atoms with E-state index in [-0.39, 0.29) is 5.91 Å². The van der Waals surface area contributed by atoms with E-state index in [1.807, 2.05) is 23.1 Å². The predicted octanol–water partition coefficient (Wildman–Crippen LogP) is 2.65. The fourth-order valence-electron chi connectivity index (χ4n) is 5.35. The van der Waals surface area contributed by atoms with Gasteiger partial charge in [0.15, 0.2) is 0 Å². The standard InChI is InChI=1S/C23H24N2O3/c26-22-23(14-28-21-12-20-16(7-10-27-20)11-18(21)23)17-3-1-2-4-19(17)25(22)13-15-5-8-24-9-6-15/h1-4,11-12,15,24H,5-10,13-14H2. The van der Waals surface area contributed by atoms with Gasteiger partial charge in [-0.05, 0) is 55.1 Å². The number of carbonyl (C=O) groups is 1. The Morgan fingerprint density at radius 3 is 2.82 bits per heavy atom. The summed E-state index contributed by atoms with van der Waals surface area (Å²) >= 11 is 0. The lowest BCUT2D eigenvalue weighted by molar-refractivity contribution is -0.122. The normalized spacial score (nSPS) is 25.4. The lowest BCUT2D eigenvalue weighted by Crippen LogP contribution is -2.45. The maximum absolute atomic E-state index is 13.9. The number of para-hydroxylation sites is 1. The molecule has 6 rings (SSSR count). The van der Waals surface area contributed by atoms with E-state index in [9.17, 15) is 4.79 Å². The summed E-state index contributed by atoms with van der Waals surface area (Å²) in [5.74, 6) is 2.42. The average Bonchev–Trinajstić information content (AvgIpc) is 3.40. The molecule has 2 aromatic rings. The van der Waals surface area contributed by atoms with E-state index in [1.165, 1.54) is 5.56 Å². The van der Waals surface area contributed by atoms with Gasteiger partial charge in [-0.15, -0.1) is 0 Å². The molecule has 0 radical (unpaired) electrons. The van der Waals surface area contributed by atoms with Crippen LogP contribution in [0.1, 0.15) is 29.5 Å². The third kappa shape index (κ3) is 2.14. The molecule has 4 aliphatic rings. The molecule has 1 unspecified atom stereocenters. The first kappa shape index (κ1) is 16.4. The number of benzene rings is 2. The van der Waals surface area contributed by atoms with Gasteiger partial charge in [0.05, 0.1) is 6.61 Å². The SMILES string of the molecule is O=C1N(CC2CCNCC2)c2ccccc2C12COc1cc3c(cc12)CCO3.